The molecule has 1 aliphatic rings. The number of hydrogen-bond donors (Lipinski definition) is 3. The molecule has 27 heavy (non-hydrogen) atoms. The minimum absolute atomic E-state index is 0.0397. The fourth-order valence-corrected chi connectivity index (χ4v) is 3.19. The number of piperidine rings is 1. The molecule has 5 N–H and O–H groups in total. The zero-order chi connectivity index (χ0) is 19.4. The van der Waals surface area contributed by atoms with Crippen LogP contribution in [0.3, 0.4) is 0 Å². The van der Waals surface area contributed by atoms with Crippen molar-refractivity contribution in [1.29, 1.82) is 0 Å². The Bertz CT molecular complexity index is 818. The third-order valence-electron chi connectivity index (χ3n) is 4.63. The minimum atomic E-state index is -0.888. The fraction of sp³-hybridized carbons (Fsp3) is 0.389. The van der Waals surface area contributed by atoms with Gasteiger partial charge in [0, 0.05) is 6.54 Å². The molecule has 2 heterocycles. The van der Waals surface area contributed by atoms with Crippen LogP contribution in [0.5, 0.6) is 0 Å². The van der Waals surface area contributed by atoms with Crippen molar-refractivity contribution in [1.82, 2.24) is 14.7 Å². The largest absolute Gasteiger partial charge is 0.465 e. The van der Waals surface area contributed by atoms with Gasteiger partial charge in [-0.25, -0.2) is 9.48 Å². The Kier molecular flexibility index (Phi) is 5.60. The molecule has 1 aromatic heterocycles. The molecule has 1 unspecified atom stereocenters. The molecule has 3 rings (SSSR count). The highest BCUT2D eigenvalue weighted by atomic mass is 16.5. The number of ether oxygens (including phenoxy) is 1. The van der Waals surface area contributed by atoms with Gasteiger partial charge < -0.3 is 26.2 Å². The molecule has 2 amide bonds. The number of hydrogen-bond acceptors (Lipinski definition) is 5. The lowest BCUT2D eigenvalue weighted by Gasteiger charge is -2.33. The number of likely N-dealkylation sites (tertiary alicyclic amines) is 1. The number of carbonyl (C=O) groups is 2. The van der Waals surface area contributed by atoms with Crippen molar-refractivity contribution in [2.45, 2.75) is 31.9 Å². The van der Waals surface area contributed by atoms with Crippen LogP contribution in [0.2, 0.25) is 0 Å². The number of amides is 2. The number of nitrogens with zero attached hydrogens (tertiary/aromatic N) is 3. The van der Waals surface area contributed by atoms with Crippen LogP contribution in [-0.2, 0) is 11.3 Å². The number of benzene rings is 1. The molecule has 0 radical (unpaired) electrons. The Morgan fingerprint density at radius 1 is 1.26 bits per heavy atom. The first-order chi connectivity index (χ1) is 13.0. The second-order valence-electron chi connectivity index (χ2n) is 6.55. The summed E-state index contributed by atoms with van der Waals surface area (Å²) in [7, 11) is 0. The van der Waals surface area contributed by atoms with Gasteiger partial charge in [0.15, 0.2) is 5.69 Å². The number of nitrogen functional groups attached to an aromatic ring is 1. The van der Waals surface area contributed by atoms with Crippen LogP contribution in [0.15, 0.2) is 30.5 Å². The van der Waals surface area contributed by atoms with Crippen molar-refractivity contribution in [3.63, 3.8) is 0 Å². The van der Waals surface area contributed by atoms with E-state index in [1.807, 2.05) is 24.3 Å². The van der Waals surface area contributed by atoms with E-state index < -0.39 is 12.0 Å². The lowest BCUT2D eigenvalue weighted by molar-refractivity contribution is 0.0346. The molecule has 0 aliphatic carbocycles. The molecule has 0 spiro atoms. The summed E-state index contributed by atoms with van der Waals surface area (Å²) >= 11 is 0. The maximum atomic E-state index is 11.3. The molecule has 144 valence electrons. The van der Waals surface area contributed by atoms with Crippen molar-refractivity contribution in [2.75, 3.05) is 18.9 Å². The number of anilines is 1. The van der Waals surface area contributed by atoms with Crippen molar-refractivity contribution in [2.24, 2.45) is 5.73 Å². The number of aromatic nitrogens is 2. The molecule has 1 saturated heterocycles. The molecule has 1 aromatic carbocycles. The van der Waals surface area contributed by atoms with E-state index in [0.717, 1.165) is 30.5 Å². The molecule has 1 atom stereocenters. The van der Waals surface area contributed by atoms with Gasteiger partial charge in [0.1, 0.15) is 0 Å². The Morgan fingerprint density at radius 2 is 2.00 bits per heavy atom. The van der Waals surface area contributed by atoms with Gasteiger partial charge in [-0.05, 0) is 37.0 Å². The van der Waals surface area contributed by atoms with Crippen molar-refractivity contribution >= 4 is 17.7 Å². The molecule has 2 aromatic rings. The normalized spacial score (nSPS) is 17.0. The lowest BCUT2D eigenvalue weighted by Crippen LogP contribution is -2.45. The van der Waals surface area contributed by atoms with Crippen LogP contribution >= 0.6 is 0 Å². The standard InChI is InChI=1S/C18H23N5O4/c19-15-9-23(21-16(15)17(20)24)13-6-4-12(5-7-13)10-27-11-14-3-1-2-8-22(14)18(25)26/h4-7,9,14H,1-3,8,10-11,19H2,(H2,20,24)(H,25,26). The Balaban J connectivity index is 1.57. The summed E-state index contributed by atoms with van der Waals surface area (Å²) in [4.78, 5) is 24.0. The van der Waals surface area contributed by atoms with Crippen LogP contribution < -0.4 is 11.5 Å². The SMILES string of the molecule is NC(=O)c1nn(-c2ccc(COCC3CCCCN3C(=O)O)cc2)cc1N. The smallest absolute Gasteiger partial charge is 0.407 e. The van der Waals surface area contributed by atoms with E-state index in [9.17, 15) is 14.7 Å². The van der Waals surface area contributed by atoms with E-state index in [-0.39, 0.29) is 17.4 Å². The summed E-state index contributed by atoms with van der Waals surface area (Å²) in [6.45, 7) is 1.34. The summed E-state index contributed by atoms with van der Waals surface area (Å²) in [5.41, 5.74) is 12.9. The quantitative estimate of drug-likeness (QED) is 0.703. The van der Waals surface area contributed by atoms with Crippen LogP contribution in [0, 0.1) is 0 Å². The number of primary amides is 1. The van der Waals surface area contributed by atoms with Gasteiger partial charge >= 0.3 is 6.09 Å². The van der Waals surface area contributed by atoms with Gasteiger partial charge in [0.05, 0.1) is 36.8 Å². The van der Waals surface area contributed by atoms with E-state index in [1.54, 1.807) is 0 Å². The van der Waals surface area contributed by atoms with Crippen molar-refractivity contribution in [3.8, 4) is 5.69 Å². The third-order valence-corrected chi connectivity index (χ3v) is 4.63. The van der Waals surface area contributed by atoms with Crippen molar-refractivity contribution < 1.29 is 19.4 Å². The van der Waals surface area contributed by atoms with Gasteiger partial charge in [-0.3, -0.25) is 4.79 Å². The van der Waals surface area contributed by atoms with Crippen LogP contribution in [0.4, 0.5) is 10.5 Å². The van der Waals surface area contributed by atoms with E-state index in [2.05, 4.69) is 5.10 Å². The lowest BCUT2D eigenvalue weighted by atomic mass is 10.0. The van der Waals surface area contributed by atoms with Gasteiger partial charge in [0.25, 0.3) is 5.91 Å². The maximum Gasteiger partial charge on any atom is 0.407 e. The molecule has 9 heteroatoms. The predicted octanol–water partition coefficient (Wildman–Crippen LogP) is 1.60. The second kappa shape index (κ2) is 8.09. The summed E-state index contributed by atoms with van der Waals surface area (Å²) in [5.74, 6) is -0.672. The highest BCUT2D eigenvalue weighted by molar-refractivity contribution is 5.95. The molecular formula is C18H23N5O4. The number of nitrogens with two attached hydrogens (primary N) is 2. The monoisotopic (exact) mass is 373 g/mol. The number of carboxylic acid groups (broad SMARTS) is 1. The van der Waals surface area contributed by atoms with Crippen LogP contribution in [-0.4, -0.2) is 51.0 Å². The summed E-state index contributed by atoms with van der Waals surface area (Å²) < 4.78 is 7.22. The van der Waals surface area contributed by atoms with E-state index in [0.29, 0.717) is 19.8 Å². The van der Waals surface area contributed by atoms with Gasteiger partial charge in [-0.15, -0.1) is 0 Å². The first-order valence-corrected chi connectivity index (χ1v) is 8.77. The first kappa shape index (κ1) is 18.7. The predicted molar refractivity (Wildman–Crippen MR) is 98.5 cm³/mol. The molecular weight excluding hydrogens is 350 g/mol. The summed E-state index contributed by atoms with van der Waals surface area (Å²) in [6, 6.07) is 7.34. The highest BCUT2D eigenvalue weighted by Gasteiger charge is 2.26. The van der Waals surface area contributed by atoms with Gasteiger partial charge in [0.2, 0.25) is 0 Å². The highest BCUT2D eigenvalue weighted by Crippen LogP contribution is 2.19. The van der Waals surface area contributed by atoms with E-state index in [4.69, 9.17) is 16.2 Å². The van der Waals surface area contributed by atoms with Crippen molar-refractivity contribution in [3.05, 3.63) is 41.7 Å². The Morgan fingerprint density at radius 3 is 2.63 bits per heavy atom. The third kappa shape index (κ3) is 4.37. The first-order valence-electron chi connectivity index (χ1n) is 8.77. The van der Waals surface area contributed by atoms with Crippen LogP contribution in [0.1, 0.15) is 35.3 Å². The molecule has 1 aliphatic heterocycles. The average Bonchev–Trinajstić information content (AvgIpc) is 3.04. The molecule has 1 fully saturated rings. The fourth-order valence-electron chi connectivity index (χ4n) is 3.19. The summed E-state index contributed by atoms with van der Waals surface area (Å²) in [5, 5.41) is 13.3. The number of rotatable bonds is 6. The van der Waals surface area contributed by atoms with Gasteiger partial charge in [-0.1, -0.05) is 12.1 Å². The topological polar surface area (TPSA) is 137 Å². The summed E-state index contributed by atoms with van der Waals surface area (Å²) in [6.07, 6.45) is 3.40. The van der Waals surface area contributed by atoms with Crippen LogP contribution in [0.25, 0.3) is 5.69 Å². The molecule has 0 saturated carbocycles. The molecule has 9 nitrogen and oxygen atoms in total. The minimum Gasteiger partial charge on any atom is -0.465 e. The Hall–Kier alpha value is -3.07. The second-order valence-corrected chi connectivity index (χ2v) is 6.55. The Labute approximate surface area is 156 Å². The maximum absolute atomic E-state index is 11.3. The number of carbonyl (C=O) groups excluding carboxylic acids is 1. The van der Waals surface area contributed by atoms with Gasteiger partial charge in [-0.2, -0.15) is 5.10 Å². The average molecular weight is 373 g/mol. The zero-order valence-corrected chi connectivity index (χ0v) is 14.9. The zero-order valence-electron chi connectivity index (χ0n) is 14.9. The van der Waals surface area contributed by atoms with E-state index >= 15 is 0 Å². The molecule has 0 bridgehead atoms. The van der Waals surface area contributed by atoms with E-state index in [1.165, 1.54) is 15.8 Å².